The predicted octanol–water partition coefficient (Wildman–Crippen LogP) is 2.60. The van der Waals surface area contributed by atoms with Crippen LogP contribution in [0.4, 0.5) is 21.6 Å². The van der Waals surface area contributed by atoms with Crippen molar-refractivity contribution in [3.05, 3.63) is 35.5 Å². The zero-order valence-corrected chi connectivity index (χ0v) is 10.2. The molecule has 2 aromatic rings. The molecule has 1 heterocycles. The molecular formula is C11H10ClFN4O. The number of hydrogen-bond acceptors (Lipinski definition) is 5. The van der Waals surface area contributed by atoms with E-state index in [9.17, 15) is 4.39 Å². The van der Waals surface area contributed by atoms with Gasteiger partial charge in [-0.1, -0.05) is 0 Å². The topological polar surface area (TPSA) is 73.1 Å². The average Bonchev–Trinajstić information content (AvgIpc) is 2.36. The van der Waals surface area contributed by atoms with Crippen LogP contribution in [0.25, 0.3) is 0 Å². The van der Waals surface area contributed by atoms with Gasteiger partial charge in [-0.15, -0.1) is 0 Å². The third kappa shape index (κ3) is 2.60. The first-order chi connectivity index (χ1) is 8.60. The molecule has 0 aliphatic heterocycles. The van der Waals surface area contributed by atoms with Crippen LogP contribution in [0.5, 0.6) is 5.75 Å². The third-order valence-corrected chi connectivity index (χ3v) is 2.39. The van der Waals surface area contributed by atoms with E-state index >= 15 is 0 Å². The Labute approximate surface area is 108 Å². The molecule has 1 aromatic heterocycles. The molecule has 5 nitrogen and oxygen atoms in total. The minimum absolute atomic E-state index is 0.0628. The van der Waals surface area contributed by atoms with Gasteiger partial charge in [-0.3, -0.25) is 0 Å². The normalized spacial score (nSPS) is 10.2. The quantitative estimate of drug-likeness (QED) is 0.837. The number of nitrogen functional groups attached to an aromatic ring is 1. The van der Waals surface area contributed by atoms with Crippen molar-refractivity contribution >= 4 is 28.8 Å². The molecular weight excluding hydrogens is 259 g/mol. The molecule has 0 atom stereocenters. The van der Waals surface area contributed by atoms with E-state index in [4.69, 9.17) is 22.1 Å². The summed E-state index contributed by atoms with van der Waals surface area (Å²) in [5, 5.41) is 2.97. The fourth-order valence-electron chi connectivity index (χ4n) is 1.37. The van der Waals surface area contributed by atoms with Gasteiger partial charge in [0, 0.05) is 6.07 Å². The highest BCUT2D eigenvalue weighted by molar-refractivity contribution is 6.28. The molecule has 0 aliphatic rings. The molecule has 0 amide bonds. The van der Waals surface area contributed by atoms with Crippen LogP contribution in [-0.4, -0.2) is 17.1 Å². The summed E-state index contributed by atoms with van der Waals surface area (Å²) in [5.41, 5.74) is 6.55. The second-order valence-electron chi connectivity index (χ2n) is 3.41. The van der Waals surface area contributed by atoms with Crippen LogP contribution >= 0.6 is 11.6 Å². The molecule has 0 fully saturated rings. The van der Waals surface area contributed by atoms with E-state index in [0.29, 0.717) is 22.9 Å². The maximum atomic E-state index is 13.0. The van der Waals surface area contributed by atoms with E-state index in [1.165, 1.54) is 31.5 Å². The van der Waals surface area contributed by atoms with E-state index in [0.717, 1.165) is 0 Å². The molecule has 18 heavy (non-hydrogen) atoms. The van der Waals surface area contributed by atoms with Crippen molar-refractivity contribution in [3.63, 3.8) is 0 Å². The fourth-order valence-corrected chi connectivity index (χ4v) is 1.50. The summed E-state index contributed by atoms with van der Waals surface area (Å²) >= 11 is 5.67. The van der Waals surface area contributed by atoms with Crippen LogP contribution in [0.3, 0.4) is 0 Å². The fraction of sp³-hybridized carbons (Fsp3) is 0.0909. The molecule has 0 unspecified atom stereocenters. The lowest BCUT2D eigenvalue weighted by atomic mass is 10.2. The number of nitrogens with zero attached hydrogens (tertiary/aromatic N) is 2. The largest absolute Gasteiger partial charge is 0.494 e. The van der Waals surface area contributed by atoms with Crippen molar-refractivity contribution in [2.45, 2.75) is 0 Å². The van der Waals surface area contributed by atoms with E-state index in [2.05, 4.69) is 15.3 Å². The summed E-state index contributed by atoms with van der Waals surface area (Å²) in [6.45, 7) is 0. The number of benzene rings is 1. The molecule has 0 saturated heterocycles. The SMILES string of the molecule is COc1cc(F)ccc1Nc1nc(Cl)ncc1N. The lowest BCUT2D eigenvalue weighted by Gasteiger charge is -2.11. The number of aromatic nitrogens is 2. The number of anilines is 3. The molecule has 1 aromatic carbocycles. The van der Waals surface area contributed by atoms with Gasteiger partial charge in [0.15, 0.2) is 5.82 Å². The number of methoxy groups -OCH3 is 1. The van der Waals surface area contributed by atoms with E-state index in [-0.39, 0.29) is 5.28 Å². The Morgan fingerprint density at radius 3 is 2.94 bits per heavy atom. The van der Waals surface area contributed by atoms with Crippen molar-refractivity contribution in [2.75, 3.05) is 18.2 Å². The minimum Gasteiger partial charge on any atom is -0.494 e. The second kappa shape index (κ2) is 5.05. The third-order valence-electron chi connectivity index (χ3n) is 2.20. The first-order valence-corrected chi connectivity index (χ1v) is 5.36. The zero-order chi connectivity index (χ0) is 13.1. The molecule has 0 bridgehead atoms. The summed E-state index contributed by atoms with van der Waals surface area (Å²) in [4.78, 5) is 7.67. The molecule has 0 spiro atoms. The van der Waals surface area contributed by atoms with Gasteiger partial charge in [-0.2, -0.15) is 4.98 Å². The number of nitrogens with two attached hydrogens (primary N) is 1. The van der Waals surface area contributed by atoms with Crippen LogP contribution in [0, 0.1) is 5.82 Å². The van der Waals surface area contributed by atoms with E-state index in [1.807, 2.05) is 0 Å². The maximum Gasteiger partial charge on any atom is 0.224 e. The number of halogens is 2. The van der Waals surface area contributed by atoms with Crippen LogP contribution in [0.15, 0.2) is 24.4 Å². The monoisotopic (exact) mass is 268 g/mol. The standard InChI is InChI=1S/C11H10ClFN4O/c1-18-9-4-6(13)2-3-8(9)16-10-7(14)5-15-11(12)17-10/h2-5H,14H2,1H3,(H,15,16,17). The van der Waals surface area contributed by atoms with Crippen molar-refractivity contribution in [1.82, 2.24) is 9.97 Å². The Kier molecular flexibility index (Phi) is 3.47. The van der Waals surface area contributed by atoms with Crippen LogP contribution in [0.1, 0.15) is 0 Å². The summed E-state index contributed by atoms with van der Waals surface area (Å²) in [5.74, 6) is 0.273. The number of nitrogens with one attached hydrogen (secondary N) is 1. The van der Waals surface area contributed by atoms with Crippen molar-refractivity contribution < 1.29 is 9.13 Å². The van der Waals surface area contributed by atoms with Crippen LogP contribution < -0.4 is 15.8 Å². The number of hydrogen-bond donors (Lipinski definition) is 2. The van der Waals surface area contributed by atoms with E-state index in [1.54, 1.807) is 0 Å². The smallest absolute Gasteiger partial charge is 0.224 e. The Bertz CT molecular complexity index is 579. The Morgan fingerprint density at radius 1 is 1.44 bits per heavy atom. The summed E-state index contributed by atoms with van der Waals surface area (Å²) < 4.78 is 18.1. The average molecular weight is 269 g/mol. The number of ether oxygens (including phenoxy) is 1. The summed E-state index contributed by atoms with van der Waals surface area (Å²) in [7, 11) is 1.44. The second-order valence-corrected chi connectivity index (χ2v) is 3.75. The highest BCUT2D eigenvalue weighted by Crippen LogP contribution is 2.29. The maximum absolute atomic E-state index is 13.0. The van der Waals surface area contributed by atoms with Crippen LogP contribution in [0.2, 0.25) is 5.28 Å². The predicted molar refractivity (Wildman–Crippen MR) is 67.7 cm³/mol. The van der Waals surface area contributed by atoms with Gasteiger partial charge in [-0.05, 0) is 23.7 Å². The van der Waals surface area contributed by atoms with Crippen molar-refractivity contribution in [3.8, 4) is 5.75 Å². The lowest BCUT2D eigenvalue weighted by molar-refractivity contribution is 0.413. The minimum atomic E-state index is -0.397. The van der Waals surface area contributed by atoms with Gasteiger partial charge in [0.25, 0.3) is 0 Å². The Balaban J connectivity index is 2.36. The molecule has 0 aliphatic carbocycles. The molecule has 0 saturated carbocycles. The Hall–Kier alpha value is -2.08. The van der Waals surface area contributed by atoms with Gasteiger partial charge in [0.2, 0.25) is 5.28 Å². The molecule has 0 radical (unpaired) electrons. The van der Waals surface area contributed by atoms with Gasteiger partial charge in [-0.25, -0.2) is 9.37 Å². The highest BCUT2D eigenvalue weighted by atomic mass is 35.5. The molecule has 94 valence electrons. The van der Waals surface area contributed by atoms with Crippen molar-refractivity contribution in [2.24, 2.45) is 0 Å². The first kappa shape index (κ1) is 12.4. The Morgan fingerprint density at radius 2 is 2.22 bits per heavy atom. The molecule has 7 heteroatoms. The first-order valence-electron chi connectivity index (χ1n) is 4.98. The van der Waals surface area contributed by atoms with Crippen molar-refractivity contribution in [1.29, 1.82) is 0 Å². The van der Waals surface area contributed by atoms with Gasteiger partial charge in [0.1, 0.15) is 11.6 Å². The van der Waals surface area contributed by atoms with Gasteiger partial charge in [0.05, 0.1) is 24.7 Å². The van der Waals surface area contributed by atoms with Gasteiger partial charge >= 0.3 is 0 Å². The molecule has 3 N–H and O–H groups in total. The van der Waals surface area contributed by atoms with E-state index < -0.39 is 5.82 Å². The number of rotatable bonds is 3. The summed E-state index contributed by atoms with van der Waals surface area (Å²) in [6, 6.07) is 4.06. The lowest BCUT2D eigenvalue weighted by Crippen LogP contribution is -2.02. The summed E-state index contributed by atoms with van der Waals surface area (Å²) in [6.07, 6.45) is 1.38. The zero-order valence-electron chi connectivity index (χ0n) is 9.45. The highest BCUT2D eigenvalue weighted by Gasteiger charge is 2.08. The van der Waals surface area contributed by atoms with Gasteiger partial charge < -0.3 is 15.8 Å². The van der Waals surface area contributed by atoms with Crippen LogP contribution in [-0.2, 0) is 0 Å². The molecule has 2 rings (SSSR count).